The number of nitrogens with one attached hydrogen (secondary N) is 1. The topological polar surface area (TPSA) is 52.2 Å². The number of benzene rings is 1. The van der Waals surface area contributed by atoms with Crippen molar-refractivity contribution in [2.75, 3.05) is 31.1 Å². The molecule has 1 aliphatic carbocycles. The van der Waals surface area contributed by atoms with E-state index in [4.69, 9.17) is 0 Å². The molecule has 3 aromatic rings. The van der Waals surface area contributed by atoms with Crippen molar-refractivity contribution in [3.05, 3.63) is 60.2 Å². The van der Waals surface area contributed by atoms with Gasteiger partial charge in [-0.05, 0) is 67.6 Å². The van der Waals surface area contributed by atoms with E-state index in [2.05, 4.69) is 14.9 Å². The Bertz CT molecular complexity index is 1060. The fourth-order valence-corrected chi connectivity index (χ4v) is 5.41. The fourth-order valence-electron chi connectivity index (χ4n) is 5.41. The van der Waals surface area contributed by atoms with Crippen LogP contribution in [0, 0.1) is 11.7 Å². The number of pyridine rings is 1. The van der Waals surface area contributed by atoms with Gasteiger partial charge in [-0.3, -0.25) is 9.69 Å². The van der Waals surface area contributed by atoms with Crippen molar-refractivity contribution < 1.29 is 9.18 Å². The van der Waals surface area contributed by atoms with Crippen LogP contribution < -0.4 is 4.90 Å². The molecule has 0 bridgehead atoms. The van der Waals surface area contributed by atoms with Crippen LogP contribution in [0.4, 0.5) is 10.2 Å². The third kappa shape index (κ3) is 4.42. The minimum atomic E-state index is -0.212. The third-order valence-electron chi connectivity index (χ3n) is 7.17. The Morgan fingerprint density at radius 1 is 1.16 bits per heavy atom. The van der Waals surface area contributed by atoms with Gasteiger partial charge >= 0.3 is 0 Å². The van der Waals surface area contributed by atoms with Crippen LogP contribution in [0.25, 0.3) is 10.9 Å². The second-order valence-electron chi connectivity index (χ2n) is 9.23. The van der Waals surface area contributed by atoms with E-state index in [0.29, 0.717) is 12.5 Å². The first-order chi connectivity index (χ1) is 15.7. The summed E-state index contributed by atoms with van der Waals surface area (Å²) in [6.07, 6.45) is 10.4. The van der Waals surface area contributed by atoms with Crippen molar-refractivity contribution >= 4 is 22.6 Å². The molecule has 32 heavy (non-hydrogen) atoms. The maximum absolute atomic E-state index is 13.5. The fraction of sp³-hybridized carbons (Fsp3) is 0.462. The highest BCUT2D eigenvalue weighted by molar-refractivity contribution is 5.94. The van der Waals surface area contributed by atoms with Gasteiger partial charge in [-0.15, -0.1) is 0 Å². The van der Waals surface area contributed by atoms with Crippen LogP contribution in [0.15, 0.2) is 48.8 Å². The van der Waals surface area contributed by atoms with Gasteiger partial charge in [0.25, 0.3) is 0 Å². The van der Waals surface area contributed by atoms with Crippen LogP contribution in [-0.2, 0) is 4.79 Å². The van der Waals surface area contributed by atoms with Gasteiger partial charge in [-0.1, -0.05) is 25.3 Å². The predicted molar refractivity (Wildman–Crippen MR) is 125 cm³/mol. The van der Waals surface area contributed by atoms with E-state index in [1.807, 2.05) is 35.4 Å². The highest BCUT2D eigenvalue weighted by Gasteiger charge is 2.30. The summed E-state index contributed by atoms with van der Waals surface area (Å²) in [6.45, 7) is 3.46. The molecule has 2 aromatic heterocycles. The number of hydrogen-bond acceptors (Lipinski definition) is 3. The Kier molecular flexibility index (Phi) is 6.21. The van der Waals surface area contributed by atoms with Crippen LogP contribution in [0.5, 0.6) is 0 Å². The maximum atomic E-state index is 13.5. The SMILES string of the molecule is O=C(C1CCCCC1)N(CCN1CCC(c2c[nH]c3cc(F)ccc23)C1)c1ccccn1. The predicted octanol–water partition coefficient (Wildman–Crippen LogP) is 5.10. The lowest BCUT2D eigenvalue weighted by molar-refractivity contribution is -0.123. The van der Waals surface area contributed by atoms with Gasteiger partial charge in [0.05, 0.1) is 0 Å². The summed E-state index contributed by atoms with van der Waals surface area (Å²) in [5.74, 6) is 1.33. The Hall–Kier alpha value is -2.73. The van der Waals surface area contributed by atoms with E-state index in [0.717, 1.165) is 68.5 Å². The van der Waals surface area contributed by atoms with Crippen molar-refractivity contribution in [2.45, 2.75) is 44.4 Å². The van der Waals surface area contributed by atoms with E-state index >= 15 is 0 Å². The number of carbonyl (C=O) groups excluding carboxylic acids is 1. The highest BCUT2D eigenvalue weighted by atomic mass is 19.1. The number of halogens is 1. The van der Waals surface area contributed by atoms with Crippen molar-refractivity contribution in [1.82, 2.24) is 14.9 Å². The second kappa shape index (κ2) is 9.41. The zero-order valence-electron chi connectivity index (χ0n) is 18.5. The van der Waals surface area contributed by atoms with Gasteiger partial charge in [-0.25, -0.2) is 9.37 Å². The lowest BCUT2D eigenvalue weighted by Crippen LogP contribution is -2.42. The summed E-state index contributed by atoms with van der Waals surface area (Å²) in [5.41, 5.74) is 2.13. The minimum Gasteiger partial charge on any atom is -0.361 e. The van der Waals surface area contributed by atoms with Gasteiger partial charge in [-0.2, -0.15) is 0 Å². The van der Waals surface area contributed by atoms with Crippen LogP contribution >= 0.6 is 0 Å². The first kappa shape index (κ1) is 21.1. The van der Waals surface area contributed by atoms with E-state index < -0.39 is 0 Å². The molecule has 0 radical (unpaired) electrons. The number of aromatic amines is 1. The van der Waals surface area contributed by atoms with Crippen LogP contribution in [-0.4, -0.2) is 47.0 Å². The third-order valence-corrected chi connectivity index (χ3v) is 7.17. The first-order valence-electron chi connectivity index (χ1n) is 11.9. The number of amides is 1. The van der Waals surface area contributed by atoms with Crippen LogP contribution in [0.1, 0.15) is 50.0 Å². The molecule has 3 heterocycles. The number of rotatable bonds is 6. The Morgan fingerprint density at radius 2 is 2.03 bits per heavy atom. The van der Waals surface area contributed by atoms with Gasteiger partial charge in [0.1, 0.15) is 11.6 Å². The monoisotopic (exact) mass is 434 g/mol. The zero-order chi connectivity index (χ0) is 21.9. The number of aromatic nitrogens is 2. The van der Waals surface area contributed by atoms with E-state index in [1.165, 1.54) is 18.1 Å². The molecular weight excluding hydrogens is 403 g/mol. The molecule has 5 nitrogen and oxygen atoms in total. The molecule has 1 N–H and O–H groups in total. The lowest BCUT2D eigenvalue weighted by atomic mass is 9.88. The number of likely N-dealkylation sites (tertiary alicyclic amines) is 1. The average molecular weight is 435 g/mol. The van der Waals surface area contributed by atoms with E-state index in [1.54, 1.807) is 12.3 Å². The number of anilines is 1. The average Bonchev–Trinajstić information content (AvgIpc) is 3.47. The molecule has 2 fully saturated rings. The Morgan fingerprint density at radius 3 is 2.84 bits per heavy atom. The van der Waals surface area contributed by atoms with Gasteiger partial charge in [0.2, 0.25) is 5.91 Å². The molecule has 1 saturated heterocycles. The lowest BCUT2D eigenvalue weighted by Gasteiger charge is -2.30. The number of hydrogen-bond donors (Lipinski definition) is 1. The number of nitrogens with zero attached hydrogens (tertiary/aromatic N) is 3. The normalized spacial score (nSPS) is 20.1. The second-order valence-corrected chi connectivity index (χ2v) is 9.23. The minimum absolute atomic E-state index is 0.128. The van der Waals surface area contributed by atoms with E-state index in [-0.39, 0.29) is 17.6 Å². The maximum Gasteiger partial charge on any atom is 0.231 e. The highest BCUT2D eigenvalue weighted by Crippen LogP contribution is 2.33. The molecule has 168 valence electrons. The quantitative estimate of drug-likeness (QED) is 0.587. The summed E-state index contributed by atoms with van der Waals surface area (Å²) >= 11 is 0. The van der Waals surface area contributed by atoms with Crippen molar-refractivity contribution in [1.29, 1.82) is 0 Å². The standard InChI is InChI=1S/C26H31FN4O/c27-21-9-10-22-23(17-29-24(22)16-21)20-11-13-30(18-20)14-15-31(25-8-4-5-12-28-25)26(32)19-6-2-1-3-7-19/h4-5,8-10,12,16-17,19-20,29H,1-3,6-7,11,13-15,18H2. The summed E-state index contributed by atoms with van der Waals surface area (Å²) in [7, 11) is 0. The molecule has 1 aliphatic heterocycles. The molecule has 1 atom stereocenters. The largest absolute Gasteiger partial charge is 0.361 e. The summed E-state index contributed by atoms with van der Waals surface area (Å²) < 4.78 is 13.5. The Balaban J connectivity index is 1.26. The van der Waals surface area contributed by atoms with Gasteiger partial charge in [0.15, 0.2) is 0 Å². The molecule has 1 saturated carbocycles. The molecule has 2 aliphatic rings. The van der Waals surface area contributed by atoms with Crippen molar-refractivity contribution in [3.63, 3.8) is 0 Å². The summed E-state index contributed by atoms with van der Waals surface area (Å²) in [4.78, 5) is 25.4. The first-order valence-corrected chi connectivity index (χ1v) is 11.9. The smallest absolute Gasteiger partial charge is 0.231 e. The molecule has 5 rings (SSSR count). The van der Waals surface area contributed by atoms with Crippen molar-refractivity contribution in [3.8, 4) is 0 Å². The number of H-pyrrole nitrogens is 1. The van der Waals surface area contributed by atoms with E-state index in [9.17, 15) is 9.18 Å². The number of carbonyl (C=O) groups is 1. The van der Waals surface area contributed by atoms with Crippen molar-refractivity contribution in [2.24, 2.45) is 5.92 Å². The molecule has 1 aromatic carbocycles. The molecule has 6 heteroatoms. The van der Waals surface area contributed by atoms with Crippen LogP contribution in [0.2, 0.25) is 0 Å². The molecular formula is C26H31FN4O. The summed E-state index contributed by atoms with van der Waals surface area (Å²) in [6, 6.07) is 10.8. The zero-order valence-corrected chi connectivity index (χ0v) is 18.5. The molecule has 1 amide bonds. The summed E-state index contributed by atoms with van der Waals surface area (Å²) in [5, 5.41) is 1.11. The van der Waals surface area contributed by atoms with Gasteiger partial charge in [0, 0.05) is 48.8 Å². The van der Waals surface area contributed by atoms with Gasteiger partial charge < -0.3 is 9.88 Å². The number of fused-ring (bicyclic) bond motifs is 1. The van der Waals surface area contributed by atoms with Crippen LogP contribution in [0.3, 0.4) is 0 Å². The Labute approximate surface area is 188 Å². The molecule has 0 spiro atoms. The molecule has 1 unspecified atom stereocenters.